The van der Waals surface area contributed by atoms with Gasteiger partial charge < -0.3 is 10.1 Å². The molecule has 26 heavy (non-hydrogen) atoms. The maximum atomic E-state index is 12.4. The number of nitrogens with one attached hydrogen (secondary N) is 1. The second-order valence-electron chi connectivity index (χ2n) is 7.47. The lowest BCUT2D eigenvalue weighted by Crippen LogP contribution is -2.31. The van der Waals surface area contributed by atoms with Crippen molar-refractivity contribution >= 4 is 5.91 Å². The van der Waals surface area contributed by atoms with E-state index in [4.69, 9.17) is 4.74 Å². The minimum atomic E-state index is -0.0801. The summed E-state index contributed by atoms with van der Waals surface area (Å²) < 4.78 is 5.86. The Kier molecular flexibility index (Phi) is 5.65. The van der Waals surface area contributed by atoms with Crippen molar-refractivity contribution in [2.75, 3.05) is 6.61 Å². The zero-order chi connectivity index (χ0) is 18.7. The molecule has 3 heteroatoms. The molecule has 0 bridgehead atoms. The molecule has 0 aliphatic heterocycles. The van der Waals surface area contributed by atoms with Crippen LogP contribution in [-0.4, -0.2) is 12.5 Å². The van der Waals surface area contributed by atoms with Crippen LogP contribution in [0.15, 0.2) is 30.3 Å². The lowest BCUT2D eigenvalue weighted by Gasteiger charge is -2.21. The summed E-state index contributed by atoms with van der Waals surface area (Å²) in [6, 6.07) is 10.5. The zero-order valence-electron chi connectivity index (χ0n) is 16.3. The molecule has 1 aliphatic rings. The van der Waals surface area contributed by atoms with E-state index in [0.29, 0.717) is 0 Å². The molecule has 138 valence electrons. The number of hydrogen-bond acceptors (Lipinski definition) is 2. The number of hydrogen-bond donors (Lipinski definition) is 1. The number of fused-ring (bicyclic) bond motifs is 1. The Hall–Kier alpha value is -2.29. The molecule has 3 nitrogen and oxygen atoms in total. The molecule has 1 N–H and O–H groups in total. The van der Waals surface area contributed by atoms with Gasteiger partial charge in [-0.05, 0) is 92.8 Å². The van der Waals surface area contributed by atoms with Gasteiger partial charge in [0.05, 0.1) is 6.04 Å². The van der Waals surface area contributed by atoms with Crippen molar-refractivity contribution in [3.8, 4) is 5.75 Å². The minimum Gasteiger partial charge on any atom is -0.483 e. The first-order chi connectivity index (χ1) is 12.5. The predicted molar refractivity (Wildman–Crippen MR) is 106 cm³/mol. The molecule has 0 fully saturated rings. The number of benzene rings is 2. The van der Waals surface area contributed by atoms with Crippen molar-refractivity contribution in [2.24, 2.45) is 0 Å². The molecule has 2 aromatic carbocycles. The van der Waals surface area contributed by atoms with Gasteiger partial charge in [-0.3, -0.25) is 4.79 Å². The van der Waals surface area contributed by atoms with Gasteiger partial charge >= 0.3 is 0 Å². The first-order valence-corrected chi connectivity index (χ1v) is 9.56. The largest absolute Gasteiger partial charge is 0.483 e. The van der Waals surface area contributed by atoms with Crippen molar-refractivity contribution in [1.29, 1.82) is 0 Å². The highest BCUT2D eigenvalue weighted by molar-refractivity contribution is 5.78. The highest BCUT2D eigenvalue weighted by Gasteiger charge is 2.16. The standard InChI is InChI=1S/C23H29NO2/c1-15-12-17(3)21(13-16(15)2)18(4)24-23(25)14-26-22-11-7-9-19-8-5-6-10-20(19)22/h7,9,11-13,18H,5-6,8,10,14H2,1-4H3,(H,24,25). The van der Waals surface area contributed by atoms with Crippen LogP contribution in [0.25, 0.3) is 0 Å². The summed E-state index contributed by atoms with van der Waals surface area (Å²) in [5.74, 6) is 0.788. The van der Waals surface area contributed by atoms with Crippen LogP contribution in [0.5, 0.6) is 5.75 Å². The first kappa shape index (κ1) is 18.5. The third kappa shape index (κ3) is 4.09. The topological polar surface area (TPSA) is 38.3 Å². The van der Waals surface area contributed by atoms with E-state index in [-0.39, 0.29) is 18.6 Å². The molecular formula is C23H29NO2. The average Bonchev–Trinajstić information content (AvgIpc) is 2.62. The molecule has 2 aromatic rings. The van der Waals surface area contributed by atoms with E-state index in [0.717, 1.165) is 18.6 Å². The van der Waals surface area contributed by atoms with E-state index < -0.39 is 0 Å². The summed E-state index contributed by atoms with van der Waals surface area (Å²) in [4.78, 5) is 12.4. The van der Waals surface area contributed by atoms with E-state index >= 15 is 0 Å². The van der Waals surface area contributed by atoms with Gasteiger partial charge in [0.1, 0.15) is 5.75 Å². The van der Waals surface area contributed by atoms with Crippen LogP contribution >= 0.6 is 0 Å². The van der Waals surface area contributed by atoms with Crippen LogP contribution in [0, 0.1) is 20.8 Å². The lowest BCUT2D eigenvalue weighted by molar-refractivity contribution is -0.123. The number of rotatable bonds is 5. The highest BCUT2D eigenvalue weighted by Crippen LogP contribution is 2.29. The Labute approximate surface area is 156 Å². The SMILES string of the molecule is Cc1cc(C)c(C(C)NC(=O)COc2cccc3c2CCCC3)cc1C. The molecule has 0 saturated heterocycles. The molecular weight excluding hydrogens is 322 g/mol. The smallest absolute Gasteiger partial charge is 0.258 e. The van der Waals surface area contributed by atoms with Crippen LogP contribution in [0.2, 0.25) is 0 Å². The summed E-state index contributed by atoms with van der Waals surface area (Å²) in [5, 5.41) is 3.07. The Bertz CT molecular complexity index is 810. The minimum absolute atomic E-state index is 0.0323. The maximum absolute atomic E-state index is 12.4. The second-order valence-corrected chi connectivity index (χ2v) is 7.47. The average molecular weight is 351 g/mol. The number of carbonyl (C=O) groups is 1. The Balaban J connectivity index is 1.62. The molecule has 0 saturated carbocycles. The van der Waals surface area contributed by atoms with Crippen molar-refractivity contribution < 1.29 is 9.53 Å². The van der Waals surface area contributed by atoms with E-state index in [1.807, 2.05) is 19.1 Å². The van der Waals surface area contributed by atoms with Crippen molar-refractivity contribution in [2.45, 2.75) is 59.4 Å². The summed E-state index contributed by atoms with van der Waals surface area (Å²) >= 11 is 0. The number of amides is 1. The summed E-state index contributed by atoms with van der Waals surface area (Å²) in [6.07, 6.45) is 4.60. The fraction of sp³-hybridized carbons (Fsp3) is 0.435. The summed E-state index contributed by atoms with van der Waals surface area (Å²) in [6.45, 7) is 8.40. The molecule has 0 radical (unpaired) electrons. The predicted octanol–water partition coefficient (Wildman–Crippen LogP) is 4.75. The Morgan fingerprint density at radius 2 is 1.81 bits per heavy atom. The van der Waals surface area contributed by atoms with Crippen LogP contribution in [0.3, 0.4) is 0 Å². The maximum Gasteiger partial charge on any atom is 0.258 e. The second kappa shape index (κ2) is 7.94. The lowest BCUT2D eigenvalue weighted by atomic mass is 9.91. The van der Waals surface area contributed by atoms with Gasteiger partial charge in [0.15, 0.2) is 6.61 Å². The van der Waals surface area contributed by atoms with Crippen molar-refractivity contribution in [3.63, 3.8) is 0 Å². The Morgan fingerprint density at radius 3 is 2.62 bits per heavy atom. The fourth-order valence-electron chi connectivity index (χ4n) is 3.84. The summed E-state index contributed by atoms with van der Waals surface area (Å²) in [7, 11) is 0. The normalized spacial score (nSPS) is 14.5. The Morgan fingerprint density at radius 1 is 1.08 bits per heavy atom. The molecule has 0 aromatic heterocycles. The van der Waals surface area contributed by atoms with Gasteiger partial charge in [-0.15, -0.1) is 0 Å². The van der Waals surface area contributed by atoms with E-state index in [2.05, 4.69) is 44.3 Å². The molecule has 1 atom stereocenters. The van der Waals surface area contributed by atoms with Gasteiger partial charge in [0, 0.05) is 0 Å². The van der Waals surface area contributed by atoms with E-state index in [1.165, 1.54) is 46.2 Å². The number of carbonyl (C=O) groups excluding carboxylic acids is 1. The van der Waals surface area contributed by atoms with Crippen molar-refractivity contribution in [1.82, 2.24) is 5.32 Å². The van der Waals surface area contributed by atoms with Gasteiger partial charge in [-0.1, -0.05) is 24.3 Å². The molecule has 0 heterocycles. The third-order valence-electron chi connectivity index (χ3n) is 5.44. The molecule has 3 rings (SSSR count). The monoisotopic (exact) mass is 351 g/mol. The first-order valence-electron chi connectivity index (χ1n) is 9.56. The molecule has 1 aliphatic carbocycles. The van der Waals surface area contributed by atoms with Crippen LogP contribution in [0.1, 0.15) is 59.2 Å². The highest BCUT2D eigenvalue weighted by atomic mass is 16.5. The molecule has 1 unspecified atom stereocenters. The van der Waals surface area contributed by atoms with Gasteiger partial charge in [-0.2, -0.15) is 0 Å². The third-order valence-corrected chi connectivity index (χ3v) is 5.44. The van der Waals surface area contributed by atoms with Crippen LogP contribution in [-0.2, 0) is 17.6 Å². The van der Waals surface area contributed by atoms with Gasteiger partial charge in [-0.25, -0.2) is 0 Å². The summed E-state index contributed by atoms with van der Waals surface area (Å²) in [5.41, 5.74) is 7.55. The van der Waals surface area contributed by atoms with Crippen LogP contribution < -0.4 is 10.1 Å². The van der Waals surface area contributed by atoms with Crippen LogP contribution in [0.4, 0.5) is 0 Å². The van der Waals surface area contributed by atoms with E-state index in [9.17, 15) is 4.79 Å². The van der Waals surface area contributed by atoms with Gasteiger partial charge in [0.25, 0.3) is 5.91 Å². The molecule has 0 spiro atoms. The van der Waals surface area contributed by atoms with Gasteiger partial charge in [0.2, 0.25) is 0 Å². The molecule has 1 amide bonds. The quantitative estimate of drug-likeness (QED) is 0.844. The van der Waals surface area contributed by atoms with Crippen molar-refractivity contribution in [3.05, 3.63) is 63.7 Å². The van der Waals surface area contributed by atoms with E-state index in [1.54, 1.807) is 0 Å². The number of aryl methyl sites for hydroxylation is 4. The number of ether oxygens (including phenoxy) is 1. The fourth-order valence-corrected chi connectivity index (χ4v) is 3.84. The zero-order valence-corrected chi connectivity index (χ0v) is 16.3.